The summed E-state index contributed by atoms with van der Waals surface area (Å²) >= 11 is 0. The lowest BCUT2D eigenvalue weighted by Gasteiger charge is -2.44. The molecule has 0 aliphatic heterocycles. The van der Waals surface area contributed by atoms with E-state index in [2.05, 4.69) is 32.6 Å². The van der Waals surface area contributed by atoms with Crippen molar-refractivity contribution in [1.82, 2.24) is 0 Å². The maximum absolute atomic E-state index is 13.0. The van der Waals surface area contributed by atoms with Gasteiger partial charge in [-0.25, -0.2) is 0 Å². The zero-order chi connectivity index (χ0) is 23.7. The van der Waals surface area contributed by atoms with Crippen molar-refractivity contribution in [3.63, 3.8) is 0 Å². The summed E-state index contributed by atoms with van der Waals surface area (Å²) in [6.07, 6.45) is 8.55. The van der Waals surface area contributed by atoms with Crippen molar-refractivity contribution in [2.75, 3.05) is 0 Å². The van der Waals surface area contributed by atoms with Crippen LogP contribution in [-0.2, 0) is 0 Å². The summed E-state index contributed by atoms with van der Waals surface area (Å²) in [5, 5.41) is 19.8. The van der Waals surface area contributed by atoms with Gasteiger partial charge in [0.2, 0.25) is 0 Å². The molecule has 2 N–H and O–H groups in total. The largest absolute Gasteiger partial charge is 0.416 e. The van der Waals surface area contributed by atoms with Crippen molar-refractivity contribution < 1.29 is 23.4 Å². The molecule has 0 amide bonds. The molecule has 0 radical (unpaired) electrons. The Hall–Kier alpha value is -1.07. The van der Waals surface area contributed by atoms with Crippen LogP contribution in [0.3, 0.4) is 0 Å². The molecule has 2 unspecified atom stereocenters. The molecule has 182 valence electrons. The number of hydrogen-bond donors (Lipinski definition) is 2. The molecule has 6 atom stereocenters. The SMILES string of the molecule is C=C1CC[C@H](O)C/C1=C/C=C1CCC[C@@]2(C)C1CC[C@@H]2[C@H](C)CCCC(C)(O)C(F)(F)F. The first-order valence-corrected chi connectivity index (χ1v) is 12.4. The standard InChI is InChI=1S/C27H41F3O2/c1-18-9-12-22(31)17-21(18)11-10-20-8-6-15-25(3)23(13-14-24(20)25)19(2)7-5-16-26(4,32)27(28,29)30/h10-11,19,22-24,31-32H,1,5-9,12-17H2,2-4H3/b20-10?,21-11-/t19-,22+,23-,24?,25-,26?/m1/s1. The van der Waals surface area contributed by atoms with Gasteiger partial charge in [-0.3, -0.25) is 0 Å². The Balaban J connectivity index is 1.65. The van der Waals surface area contributed by atoms with E-state index >= 15 is 0 Å². The van der Waals surface area contributed by atoms with Crippen LogP contribution in [-0.4, -0.2) is 28.1 Å². The Bertz CT molecular complexity index is 748. The van der Waals surface area contributed by atoms with Gasteiger partial charge in [0.15, 0.2) is 5.60 Å². The van der Waals surface area contributed by atoms with Gasteiger partial charge in [0.05, 0.1) is 6.10 Å². The predicted molar refractivity (Wildman–Crippen MR) is 123 cm³/mol. The molecule has 3 rings (SSSR count). The average molecular weight is 455 g/mol. The van der Waals surface area contributed by atoms with Crippen LogP contribution in [0.4, 0.5) is 13.2 Å². The van der Waals surface area contributed by atoms with E-state index in [-0.39, 0.29) is 17.9 Å². The maximum atomic E-state index is 13.0. The molecule has 0 heterocycles. The van der Waals surface area contributed by atoms with Gasteiger partial charge in [0, 0.05) is 0 Å². The molecule has 0 bridgehead atoms. The minimum Gasteiger partial charge on any atom is -0.393 e. The van der Waals surface area contributed by atoms with Crippen molar-refractivity contribution in [3.8, 4) is 0 Å². The summed E-state index contributed by atoms with van der Waals surface area (Å²) in [5.74, 6) is 1.38. The van der Waals surface area contributed by atoms with Crippen LogP contribution in [0, 0.1) is 23.2 Å². The molecular weight excluding hydrogens is 413 g/mol. The fourth-order valence-electron chi connectivity index (χ4n) is 6.72. The van der Waals surface area contributed by atoms with Crippen LogP contribution in [0.2, 0.25) is 0 Å². The first kappa shape index (κ1) is 25.6. The highest BCUT2D eigenvalue weighted by molar-refractivity contribution is 5.36. The second kappa shape index (κ2) is 9.66. The van der Waals surface area contributed by atoms with E-state index in [9.17, 15) is 23.4 Å². The smallest absolute Gasteiger partial charge is 0.393 e. The Morgan fingerprint density at radius 1 is 1.19 bits per heavy atom. The van der Waals surface area contributed by atoms with Crippen LogP contribution in [0.25, 0.3) is 0 Å². The van der Waals surface area contributed by atoms with E-state index < -0.39 is 11.8 Å². The summed E-state index contributed by atoms with van der Waals surface area (Å²) in [7, 11) is 0. The van der Waals surface area contributed by atoms with Gasteiger partial charge in [-0.15, -0.1) is 0 Å². The Labute approximate surface area is 191 Å². The topological polar surface area (TPSA) is 40.5 Å². The second-order valence-corrected chi connectivity index (χ2v) is 11.2. The summed E-state index contributed by atoms with van der Waals surface area (Å²) in [6.45, 7) is 9.64. The number of aliphatic hydroxyl groups excluding tert-OH is 1. The van der Waals surface area contributed by atoms with E-state index in [0.717, 1.165) is 57.4 Å². The molecular formula is C27H41F3O2. The molecule has 3 aliphatic rings. The Morgan fingerprint density at radius 2 is 1.91 bits per heavy atom. The molecule has 32 heavy (non-hydrogen) atoms. The van der Waals surface area contributed by atoms with Crippen molar-refractivity contribution in [3.05, 3.63) is 35.5 Å². The van der Waals surface area contributed by atoms with Gasteiger partial charge in [0.1, 0.15) is 0 Å². The normalized spacial score (nSPS) is 36.9. The van der Waals surface area contributed by atoms with Crippen LogP contribution >= 0.6 is 0 Å². The molecule has 2 nitrogen and oxygen atoms in total. The lowest BCUT2D eigenvalue weighted by Crippen LogP contribution is -2.42. The number of fused-ring (bicyclic) bond motifs is 1. The third-order valence-electron chi connectivity index (χ3n) is 8.85. The van der Waals surface area contributed by atoms with Crippen molar-refractivity contribution >= 4 is 0 Å². The molecule has 0 aromatic carbocycles. The first-order chi connectivity index (χ1) is 14.8. The maximum Gasteiger partial charge on any atom is 0.416 e. The van der Waals surface area contributed by atoms with Gasteiger partial charge in [-0.2, -0.15) is 13.2 Å². The van der Waals surface area contributed by atoms with Crippen LogP contribution in [0.5, 0.6) is 0 Å². The summed E-state index contributed by atoms with van der Waals surface area (Å²) in [5.41, 5.74) is 1.40. The molecule has 0 spiro atoms. The van der Waals surface area contributed by atoms with Gasteiger partial charge in [0.25, 0.3) is 0 Å². The highest BCUT2D eigenvalue weighted by Gasteiger charge is 2.51. The second-order valence-electron chi connectivity index (χ2n) is 11.2. The van der Waals surface area contributed by atoms with E-state index in [4.69, 9.17) is 0 Å². The Morgan fingerprint density at radius 3 is 2.59 bits per heavy atom. The zero-order valence-corrected chi connectivity index (χ0v) is 20.0. The van der Waals surface area contributed by atoms with E-state index in [1.165, 1.54) is 17.6 Å². The van der Waals surface area contributed by atoms with Crippen LogP contribution < -0.4 is 0 Å². The lowest BCUT2D eigenvalue weighted by molar-refractivity contribution is -0.255. The molecule has 0 aromatic heterocycles. The molecule has 5 heteroatoms. The summed E-state index contributed by atoms with van der Waals surface area (Å²) < 4.78 is 38.9. The average Bonchev–Trinajstić information content (AvgIpc) is 3.05. The first-order valence-electron chi connectivity index (χ1n) is 12.4. The fourth-order valence-corrected chi connectivity index (χ4v) is 6.72. The van der Waals surface area contributed by atoms with E-state index in [1.807, 2.05) is 0 Å². The third-order valence-corrected chi connectivity index (χ3v) is 8.85. The summed E-state index contributed by atoms with van der Waals surface area (Å²) in [6, 6.07) is 0. The number of alkyl halides is 3. The Kier molecular flexibility index (Phi) is 7.71. The van der Waals surface area contributed by atoms with E-state index in [0.29, 0.717) is 30.6 Å². The number of allylic oxidation sites excluding steroid dienone is 4. The molecule has 3 saturated carbocycles. The molecule has 0 aromatic rings. The number of hydrogen-bond acceptors (Lipinski definition) is 2. The number of rotatable bonds is 6. The lowest BCUT2D eigenvalue weighted by atomic mass is 9.60. The van der Waals surface area contributed by atoms with Crippen LogP contribution in [0.15, 0.2) is 35.5 Å². The minimum absolute atomic E-state index is 0.192. The highest BCUT2D eigenvalue weighted by Crippen LogP contribution is 2.60. The highest BCUT2D eigenvalue weighted by atomic mass is 19.4. The zero-order valence-electron chi connectivity index (χ0n) is 20.0. The van der Waals surface area contributed by atoms with Crippen molar-refractivity contribution in [2.24, 2.45) is 23.2 Å². The van der Waals surface area contributed by atoms with Crippen LogP contribution in [0.1, 0.15) is 91.4 Å². The number of halogens is 3. The van der Waals surface area contributed by atoms with Gasteiger partial charge >= 0.3 is 6.18 Å². The van der Waals surface area contributed by atoms with Gasteiger partial charge < -0.3 is 10.2 Å². The van der Waals surface area contributed by atoms with Gasteiger partial charge in [-0.05, 0) is 99.9 Å². The molecule has 3 aliphatic carbocycles. The molecule has 0 saturated heterocycles. The predicted octanol–water partition coefficient (Wildman–Crippen LogP) is 7.28. The van der Waals surface area contributed by atoms with Gasteiger partial charge in [-0.1, -0.05) is 50.1 Å². The quantitative estimate of drug-likeness (QED) is 0.443. The van der Waals surface area contributed by atoms with Crippen molar-refractivity contribution in [1.29, 1.82) is 0 Å². The third kappa shape index (κ3) is 5.35. The monoisotopic (exact) mass is 454 g/mol. The summed E-state index contributed by atoms with van der Waals surface area (Å²) in [4.78, 5) is 0. The number of aliphatic hydroxyl groups is 2. The van der Waals surface area contributed by atoms with Crippen molar-refractivity contribution in [2.45, 2.75) is 109 Å². The minimum atomic E-state index is -4.57. The van der Waals surface area contributed by atoms with E-state index in [1.54, 1.807) is 0 Å². The fraction of sp³-hybridized carbons (Fsp3) is 0.778. The molecule has 3 fully saturated rings.